The first-order valence-corrected chi connectivity index (χ1v) is 5.90. The maximum atomic E-state index is 11.0. The Morgan fingerprint density at radius 3 is 2.56 bits per heavy atom. The lowest BCUT2D eigenvalue weighted by Gasteiger charge is -2.02. The highest BCUT2D eigenvalue weighted by atomic mass is 35.5. The normalized spacial score (nSPS) is 10.4. The third-order valence-corrected chi connectivity index (χ3v) is 3.45. The van der Waals surface area contributed by atoms with E-state index in [-0.39, 0.29) is 0 Å². The molecular weight excluding hydrogens is 267 g/mol. The van der Waals surface area contributed by atoms with Crippen LogP contribution in [0.2, 0.25) is 10.0 Å². The smallest absolute Gasteiger partial charge is 0.299 e. The largest absolute Gasteiger partial charge is 0.345 e. The molecule has 2 aromatic rings. The quantitative estimate of drug-likeness (QED) is 0.854. The Hall–Kier alpha value is -0.970. The van der Waals surface area contributed by atoms with E-state index in [1.165, 1.54) is 18.0 Å². The molecule has 0 spiro atoms. The SMILES string of the molecule is O=c1ncc(Cl)c(Sc2ccc(Cl)cc2)[nH]1. The lowest BCUT2D eigenvalue weighted by molar-refractivity contribution is 0.979. The highest BCUT2D eigenvalue weighted by Crippen LogP contribution is 2.30. The van der Waals surface area contributed by atoms with Crippen molar-refractivity contribution in [3.05, 3.63) is 51.0 Å². The number of benzene rings is 1. The minimum absolute atomic E-state index is 0.416. The van der Waals surface area contributed by atoms with Gasteiger partial charge in [0, 0.05) is 9.92 Å². The van der Waals surface area contributed by atoms with Crippen LogP contribution in [0.5, 0.6) is 0 Å². The molecule has 1 heterocycles. The number of hydrogen-bond acceptors (Lipinski definition) is 3. The molecule has 0 saturated heterocycles. The lowest BCUT2D eigenvalue weighted by atomic mass is 10.4. The number of aromatic amines is 1. The van der Waals surface area contributed by atoms with Crippen LogP contribution in [-0.2, 0) is 0 Å². The summed E-state index contributed by atoms with van der Waals surface area (Å²) in [6.45, 7) is 0. The van der Waals surface area contributed by atoms with Crippen molar-refractivity contribution in [2.45, 2.75) is 9.92 Å². The van der Waals surface area contributed by atoms with E-state index in [0.29, 0.717) is 15.1 Å². The van der Waals surface area contributed by atoms with Gasteiger partial charge in [-0.3, -0.25) is 4.98 Å². The summed E-state index contributed by atoms with van der Waals surface area (Å²) in [5.74, 6) is 0. The molecule has 0 aliphatic heterocycles. The molecule has 0 saturated carbocycles. The van der Waals surface area contributed by atoms with Crippen LogP contribution in [0.25, 0.3) is 0 Å². The van der Waals surface area contributed by atoms with E-state index in [2.05, 4.69) is 9.97 Å². The second kappa shape index (κ2) is 4.91. The number of aromatic nitrogens is 2. The fourth-order valence-electron chi connectivity index (χ4n) is 1.06. The van der Waals surface area contributed by atoms with Crippen molar-refractivity contribution in [3.8, 4) is 0 Å². The minimum atomic E-state index is -0.416. The predicted molar refractivity (Wildman–Crippen MR) is 65.4 cm³/mol. The Morgan fingerprint density at radius 1 is 1.19 bits per heavy atom. The number of nitrogens with one attached hydrogen (secondary N) is 1. The van der Waals surface area contributed by atoms with E-state index < -0.39 is 5.69 Å². The van der Waals surface area contributed by atoms with E-state index in [4.69, 9.17) is 23.2 Å². The molecule has 0 aliphatic rings. The number of H-pyrrole nitrogens is 1. The molecule has 16 heavy (non-hydrogen) atoms. The molecule has 0 unspecified atom stereocenters. The summed E-state index contributed by atoms with van der Waals surface area (Å²) in [4.78, 5) is 18.1. The van der Waals surface area contributed by atoms with Gasteiger partial charge in [0.05, 0.1) is 11.2 Å². The average molecular weight is 273 g/mol. The van der Waals surface area contributed by atoms with Crippen LogP contribution >= 0.6 is 35.0 Å². The van der Waals surface area contributed by atoms with E-state index in [0.717, 1.165) is 4.90 Å². The molecule has 0 radical (unpaired) electrons. The van der Waals surface area contributed by atoms with Crippen LogP contribution in [0.3, 0.4) is 0 Å². The van der Waals surface area contributed by atoms with Crippen LogP contribution in [0.15, 0.2) is 45.2 Å². The fourth-order valence-corrected chi connectivity index (χ4v) is 2.19. The Morgan fingerprint density at radius 2 is 1.88 bits per heavy atom. The molecule has 82 valence electrons. The fraction of sp³-hybridized carbons (Fsp3) is 0. The van der Waals surface area contributed by atoms with Crippen molar-refractivity contribution in [1.82, 2.24) is 9.97 Å². The van der Waals surface area contributed by atoms with Crippen molar-refractivity contribution < 1.29 is 0 Å². The lowest BCUT2D eigenvalue weighted by Crippen LogP contribution is -2.09. The van der Waals surface area contributed by atoms with Gasteiger partial charge in [-0.25, -0.2) is 9.78 Å². The Balaban J connectivity index is 2.30. The number of nitrogens with zero attached hydrogens (tertiary/aromatic N) is 1. The zero-order chi connectivity index (χ0) is 11.5. The molecule has 0 bridgehead atoms. The summed E-state index contributed by atoms with van der Waals surface area (Å²) in [5.41, 5.74) is -0.416. The van der Waals surface area contributed by atoms with Gasteiger partial charge in [0.1, 0.15) is 5.03 Å². The van der Waals surface area contributed by atoms with Crippen molar-refractivity contribution in [2.24, 2.45) is 0 Å². The van der Waals surface area contributed by atoms with Gasteiger partial charge in [0.25, 0.3) is 0 Å². The van der Waals surface area contributed by atoms with Crippen molar-refractivity contribution in [2.75, 3.05) is 0 Å². The standard InChI is InChI=1S/C10H6Cl2N2OS/c11-6-1-3-7(4-2-6)16-9-8(12)5-13-10(15)14-9/h1-5H,(H,13,14,15). The predicted octanol–water partition coefficient (Wildman–Crippen LogP) is 3.23. The molecule has 6 heteroatoms. The molecule has 0 aliphatic carbocycles. The Bertz CT molecular complexity index is 553. The zero-order valence-electron chi connectivity index (χ0n) is 7.91. The summed E-state index contributed by atoms with van der Waals surface area (Å²) in [6, 6.07) is 7.25. The van der Waals surface area contributed by atoms with Crippen molar-refractivity contribution in [1.29, 1.82) is 0 Å². The van der Waals surface area contributed by atoms with Gasteiger partial charge in [-0.1, -0.05) is 35.0 Å². The maximum absolute atomic E-state index is 11.0. The van der Waals surface area contributed by atoms with Crippen LogP contribution in [0.4, 0.5) is 0 Å². The van der Waals surface area contributed by atoms with Gasteiger partial charge in [0.15, 0.2) is 0 Å². The number of hydrogen-bond donors (Lipinski definition) is 1. The average Bonchev–Trinajstić information content (AvgIpc) is 2.27. The Kier molecular flexibility index (Phi) is 3.53. The first-order valence-electron chi connectivity index (χ1n) is 4.33. The van der Waals surface area contributed by atoms with E-state index in [9.17, 15) is 4.79 Å². The highest BCUT2D eigenvalue weighted by Gasteiger charge is 2.04. The second-order valence-electron chi connectivity index (χ2n) is 2.92. The monoisotopic (exact) mass is 272 g/mol. The van der Waals surface area contributed by atoms with Gasteiger partial charge in [-0.05, 0) is 24.3 Å². The second-order valence-corrected chi connectivity index (χ2v) is 4.85. The first kappa shape index (κ1) is 11.5. The molecule has 0 atom stereocenters. The first-order chi connectivity index (χ1) is 7.65. The molecule has 2 rings (SSSR count). The van der Waals surface area contributed by atoms with E-state index in [1.807, 2.05) is 12.1 Å². The topological polar surface area (TPSA) is 45.8 Å². The summed E-state index contributed by atoms with van der Waals surface area (Å²) in [5, 5.41) is 1.65. The molecule has 0 amide bonds. The Labute approximate surface area is 106 Å². The van der Waals surface area contributed by atoms with Crippen LogP contribution in [-0.4, -0.2) is 9.97 Å². The molecular formula is C10H6Cl2N2OS. The third-order valence-electron chi connectivity index (χ3n) is 1.77. The van der Waals surface area contributed by atoms with Gasteiger partial charge in [-0.15, -0.1) is 0 Å². The minimum Gasteiger partial charge on any atom is -0.299 e. The van der Waals surface area contributed by atoms with Crippen LogP contribution < -0.4 is 5.69 Å². The molecule has 1 aromatic heterocycles. The highest BCUT2D eigenvalue weighted by molar-refractivity contribution is 7.99. The zero-order valence-corrected chi connectivity index (χ0v) is 10.2. The molecule has 0 fully saturated rings. The van der Waals surface area contributed by atoms with Gasteiger partial charge in [0.2, 0.25) is 0 Å². The molecule has 1 N–H and O–H groups in total. The maximum Gasteiger partial charge on any atom is 0.345 e. The summed E-state index contributed by atoms with van der Waals surface area (Å²) in [7, 11) is 0. The van der Waals surface area contributed by atoms with Gasteiger partial charge in [-0.2, -0.15) is 0 Å². The number of rotatable bonds is 2. The van der Waals surface area contributed by atoms with Gasteiger partial charge >= 0.3 is 5.69 Å². The van der Waals surface area contributed by atoms with Crippen LogP contribution in [0, 0.1) is 0 Å². The molecule has 3 nitrogen and oxygen atoms in total. The van der Waals surface area contributed by atoms with Crippen molar-refractivity contribution >= 4 is 35.0 Å². The summed E-state index contributed by atoms with van der Waals surface area (Å²) < 4.78 is 0. The summed E-state index contributed by atoms with van der Waals surface area (Å²) >= 11 is 13.0. The van der Waals surface area contributed by atoms with Crippen LogP contribution in [0.1, 0.15) is 0 Å². The third kappa shape index (κ3) is 2.78. The van der Waals surface area contributed by atoms with Gasteiger partial charge < -0.3 is 0 Å². The van der Waals surface area contributed by atoms with Crippen molar-refractivity contribution in [3.63, 3.8) is 0 Å². The van der Waals surface area contributed by atoms with E-state index in [1.54, 1.807) is 12.1 Å². The number of halogens is 2. The summed E-state index contributed by atoms with van der Waals surface area (Å²) in [6.07, 6.45) is 1.33. The molecule has 1 aromatic carbocycles. The van der Waals surface area contributed by atoms with E-state index >= 15 is 0 Å².